The molecule has 114 heavy (non-hydrogen) atoms. The molecular weight excluding hydrogens is 1690 g/mol. The third-order valence-electron chi connectivity index (χ3n) is 17.7. The molecule has 3 aromatic carbocycles. The number of hydrogen-bond acceptors (Lipinski definition) is 27. The largest absolute Gasteiger partial charge is 0.480 e. The molecule has 6 aliphatic rings. The lowest BCUT2D eigenvalue weighted by Gasteiger charge is -2.39. The number of alkyl halides is 6. The summed E-state index contributed by atoms with van der Waals surface area (Å²) in [6, 6.07) is 8.41. The maximum atomic E-state index is 14.9. The highest BCUT2D eigenvalue weighted by Gasteiger charge is 2.49. The van der Waals surface area contributed by atoms with Crippen molar-refractivity contribution in [1.29, 1.82) is 0 Å². The van der Waals surface area contributed by atoms with Gasteiger partial charge in [-0.25, -0.2) is 83.2 Å². The van der Waals surface area contributed by atoms with Crippen LogP contribution in [-0.2, 0) is 57.2 Å². The van der Waals surface area contributed by atoms with E-state index in [-0.39, 0.29) is 117 Å². The minimum atomic E-state index is -3.33. The SMILES string of the molecule is CCOC(=O)C1=C(CN2CC(F)C(OCC(=O)O)C(F)C2)NC(c2nccs2)=N[C@H]1c1ccc(F)cc1Br.CCOC(=O)C1=C(CN2CCC(OCC(=O)O)C(F)(F)C2)NC(c2nccs2)=NC1c1ccc(F)cc1Cl.CCOC(=O)C1=C(CN2CCC(OCC(=O)O)C(F)(F)C2)NC(c2nccs2)=N[C@H]1c1ccc(F)cc1Cl. The topological polar surface area (TPSA) is 340 Å². The maximum Gasteiger partial charge on any atom is 0.338 e. The summed E-state index contributed by atoms with van der Waals surface area (Å²) in [6.45, 7) is 0.586. The number of aliphatic imine (C=N–C) groups is 3. The molecule has 9 heterocycles. The molecule has 0 aliphatic carbocycles. The molecule has 3 aromatic heterocycles. The van der Waals surface area contributed by atoms with Crippen molar-refractivity contribution in [2.45, 2.75) is 94.2 Å². The first kappa shape index (κ1) is 87.6. The Bertz CT molecular complexity index is 4250. The number of hydrogen-bond donors (Lipinski definition) is 6. The van der Waals surface area contributed by atoms with Crippen molar-refractivity contribution < 1.29 is 112 Å². The normalized spacial score (nSPS) is 22.4. The van der Waals surface area contributed by atoms with Crippen LogP contribution in [0.3, 0.4) is 0 Å². The average molecular weight is 1760 g/mol. The van der Waals surface area contributed by atoms with Gasteiger partial charge in [0.05, 0.1) is 49.6 Å². The Kier molecular flexibility index (Phi) is 30.5. The highest BCUT2D eigenvalue weighted by Crippen LogP contribution is 2.42. The van der Waals surface area contributed by atoms with Crippen molar-refractivity contribution >= 4 is 126 Å². The molecule has 42 heteroatoms. The van der Waals surface area contributed by atoms with Gasteiger partial charge < -0.3 is 59.7 Å². The first-order chi connectivity index (χ1) is 54.3. The highest BCUT2D eigenvalue weighted by atomic mass is 79.9. The molecule has 12 rings (SSSR count). The van der Waals surface area contributed by atoms with Crippen LogP contribution in [0.25, 0.3) is 0 Å². The van der Waals surface area contributed by atoms with E-state index < -0.39 is 147 Å². The smallest absolute Gasteiger partial charge is 0.338 e. The molecule has 27 nitrogen and oxygen atoms in total. The van der Waals surface area contributed by atoms with Gasteiger partial charge in [-0.15, -0.1) is 34.0 Å². The van der Waals surface area contributed by atoms with E-state index in [9.17, 15) is 68.3 Å². The van der Waals surface area contributed by atoms with E-state index in [0.717, 1.165) is 12.1 Å². The third-order valence-corrected chi connectivity index (χ3v) is 21.4. The van der Waals surface area contributed by atoms with Crippen LogP contribution in [0.1, 0.15) is 83.5 Å². The summed E-state index contributed by atoms with van der Waals surface area (Å²) in [5, 5.41) is 42.3. The number of aromatic nitrogens is 3. The number of nitrogens with one attached hydrogen (secondary N) is 3. The van der Waals surface area contributed by atoms with Gasteiger partial charge in [-0.1, -0.05) is 57.3 Å². The van der Waals surface area contributed by atoms with Crippen molar-refractivity contribution in [3.05, 3.63) is 187 Å². The van der Waals surface area contributed by atoms with Crippen molar-refractivity contribution in [1.82, 2.24) is 45.6 Å². The summed E-state index contributed by atoms with van der Waals surface area (Å²) >= 11 is 19.9. The zero-order valence-electron chi connectivity index (χ0n) is 60.3. The van der Waals surface area contributed by atoms with E-state index in [1.807, 2.05) is 0 Å². The van der Waals surface area contributed by atoms with Gasteiger partial charge in [0.1, 0.15) is 86.1 Å². The number of esters is 3. The molecule has 5 unspecified atom stereocenters. The Hall–Kier alpha value is -8.81. The number of nitrogens with zero attached hydrogens (tertiary/aromatic N) is 9. The standard InChI is InChI=1S/C24H24BrF3N4O5S.2C24H24ClF3N4O5S/c1-2-36-24(35)19-17(10-32-8-15(27)21(16(28)9-32)37-11-18(33)34)30-22(23-29-5-6-38-23)31-20(19)13-4-3-12(26)7-14(13)25;2*1-2-36-23(35)19-16(10-32-7-5-17(24(27,28)12-32)37-11-18(33)34)30-21(22-29-6-8-38-22)31-20(19)14-4-3-13(26)9-15(14)25/h3-7,15-16,20-21H,2,8-11H2,1H3,(H,30,31)(H,33,34);2*3-4,6,8-9,17,20H,2,5,7,10-12H2,1H3,(H,30,31)(H,33,34)/t15?,16?,20-,21?;17?,20-;/m00./s1. The van der Waals surface area contributed by atoms with E-state index >= 15 is 0 Å². The van der Waals surface area contributed by atoms with E-state index in [4.69, 9.17) is 71.9 Å². The molecule has 6 aromatic rings. The van der Waals surface area contributed by atoms with Gasteiger partial charge >= 0.3 is 35.8 Å². The van der Waals surface area contributed by atoms with E-state index in [2.05, 4.69) is 56.8 Å². The molecule has 0 spiro atoms. The number of carboxylic acids is 3. The van der Waals surface area contributed by atoms with Crippen LogP contribution in [0.2, 0.25) is 10.0 Å². The van der Waals surface area contributed by atoms with Gasteiger partial charge in [0.2, 0.25) is 0 Å². The third kappa shape index (κ3) is 22.4. The number of piperidine rings is 3. The number of carbonyl (C=O) groups is 6. The number of carbonyl (C=O) groups excluding carboxylic acids is 3. The van der Waals surface area contributed by atoms with Crippen molar-refractivity contribution in [3.63, 3.8) is 0 Å². The lowest BCUT2D eigenvalue weighted by molar-refractivity contribution is -0.181. The maximum absolute atomic E-state index is 14.9. The second-order valence-corrected chi connectivity index (χ2v) is 30.0. The Labute approximate surface area is 674 Å². The average Bonchev–Trinajstić information content (AvgIpc) is 1.06. The number of likely N-dealkylation sites (tertiary alicyclic amines) is 3. The predicted molar refractivity (Wildman–Crippen MR) is 402 cm³/mol. The number of thiazole rings is 3. The number of ether oxygens (including phenoxy) is 6. The Morgan fingerprint density at radius 3 is 1.17 bits per heavy atom. The zero-order chi connectivity index (χ0) is 82.3. The molecule has 6 aliphatic heterocycles. The Balaban J connectivity index is 0.000000181. The number of carboxylic acid groups (broad SMARTS) is 3. The summed E-state index contributed by atoms with van der Waals surface area (Å²) in [5.41, 5.74) is 2.16. The quantitative estimate of drug-likeness (QED) is 0.0158. The fourth-order valence-corrected chi connectivity index (χ4v) is 15.8. The molecule has 0 radical (unpaired) electrons. The molecule has 3 fully saturated rings. The molecule has 0 saturated carbocycles. The summed E-state index contributed by atoms with van der Waals surface area (Å²) in [5.74, 6) is -13.5. The molecule has 6 N–H and O–H groups in total. The molecule has 7 atom stereocenters. The van der Waals surface area contributed by atoms with Gasteiger partial charge in [-0.3, -0.25) is 29.7 Å². The number of halogens is 12. The molecule has 0 bridgehead atoms. The lowest BCUT2D eigenvalue weighted by atomic mass is 9.94. The minimum Gasteiger partial charge on any atom is -0.480 e. The summed E-state index contributed by atoms with van der Waals surface area (Å²) in [6.07, 6.45) is -3.75. The van der Waals surface area contributed by atoms with Crippen molar-refractivity contribution in [2.75, 3.05) is 98.5 Å². The van der Waals surface area contributed by atoms with Gasteiger partial charge in [0.15, 0.2) is 32.5 Å². The summed E-state index contributed by atoms with van der Waals surface area (Å²) in [4.78, 5) is 103. The van der Waals surface area contributed by atoms with Crippen LogP contribution in [0.5, 0.6) is 0 Å². The lowest BCUT2D eigenvalue weighted by Crippen LogP contribution is -2.54. The van der Waals surface area contributed by atoms with Crippen molar-refractivity contribution in [2.24, 2.45) is 15.0 Å². The number of aliphatic carboxylic acids is 3. The van der Waals surface area contributed by atoms with Gasteiger partial charge in [0, 0.05) is 123 Å². The van der Waals surface area contributed by atoms with Crippen LogP contribution in [0.15, 0.2) is 143 Å². The van der Waals surface area contributed by atoms with Crippen molar-refractivity contribution in [3.8, 4) is 0 Å². The van der Waals surface area contributed by atoms with Gasteiger partial charge in [-0.2, -0.15) is 0 Å². The number of rotatable bonds is 27. The number of amidine groups is 3. The van der Waals surface area contributed by atoms with Crippen LogP contribution in [0, 0.1) is 17.5 Å². The monoisotopic (exact) mass is 1760 g/mol. The second kappa shape index (κ2) is 39.7. The predicted octanol–water partition coefficient (Wildman–Crippen LogP) is 10.7. The Morgan fingerprint density at radius 2 is 0.851 bits per heavy atom. The van der Waals surface area contributed by atoms with E-state index in [1.54, 1.807) is 55.5 Å². The summed E-state index contributed by atoms with van der Waals surface area (Å²) < 4.78 is 162. The summed E-state index contributed by atoms with van der Waals surface area (Å²) in [7, 11) is 0. The zero-order valence-corrected chi connectivity index (χ0v) is 65.9. The fourth-order valence-electron chi connectivity index (χ4n) is 12.9. The molecular formula is C72H72BrCl2F9N12O15S3. The minimum absolute atomic E-state index is 0.0308. The van der Waals surface area contributed by atoms with E-state index in [0.29, 0.717) is 59.4 Å². The van der Waals surface area contributed by atoms with E-state index in [1.165, 1.54) is 91.2 Å². The van der Waals surface area contributed by atoms with Crippen LogP contribution in [0.4, 0.5) is 39.5 Å². The first-order valence-corrected chi connectivity index (χ1v) is 39.0. The first-order valence-electron chi connectivity index (χ1n) is 34.9. The van der Waals surface area contributed by atoms with Gasteiger partial charge in [-0.05, 0) is 75.6 Å². The van der Waals surface area contributed by atoms with Crippen LogP contribution < -0.4 is 16.0 Å². The van der Waals surface area contributed by atoms with Crippen LogP contribution >= 0.6 is 73.1 Å². The second-order valence-electron chi connectivity index (χ2n) is 25.7. The molecule has 3 saturated heterocycles. The highest BCUT2D eigenvalue weighted by molar-refractivity contribution is 9.10. The van der Waals surface area contributed by atoms with Crippen LogP contribution in [-0.4, -0.2) is 239 Å². The molecule has 612 valence electrons. The fraction of sp³-hybridized carbons (Fsp3) is 0.417. The Morgan fingerprint density at radius 1 is 0.518 bits per heavy atom. The molecule has 0 amide bonds. The number of benzene rings is 3. The van der Waals surface area contributed by atoms with Gasteiger partial charge in [0.25, 0.3) is 11.8 Å².